The van der Waals surface area contributed by atoms with E-state index in [1.807, 2.05) is 18.3 Å². The number of hydrogen-bond acceptors (Lipinski definition) is 3. The highest BCUT2D eigenvalue weighted by Crippen LogP contribution is 2.48. The number of halogens is 1. The summed E-state index contributed by atoms with van der Waals surface area (Å²) in [5.41, 5.74) is 5.99. The Bertz CT molecular complexity index is 1290. The Morgan fingerprint density at radius 1 is 1.13 bits per heavy atom. The molecule has 2 N–H and O–H groups in total. The standard InChI is InChI=1S/C25H23ClN4O/c1-15-11-16(2)22-20(12-15)28-24(30-22)25(9-4-10-25)18-7-8-21(27-14-18)29-23(31)17-5-3-6-19(26)13-17/h3,5-8,11-14H,4,9-10H2,1-2H3,(H,28,30)(H,27,29,31). The topological polar surface area (TPSA) is 70.7 Å². The van der Waals surface area contributed by atoms with Crippen LogP contribution < -0.4 is 5.32 Å². The molecule has 1 aliphatic carbocycles. The second-order valence-corrected chi connectivity index (χ2v) is 8.83. The third-order valence-electron chi connectivity index (χ3n) is 6.23. The Labute approximate surface area is 185 Å². The Balaban J connectivity index is 1.43. The normalized spacial score (nSPS) is 14.9. The third kappa shape index (κ3) is 3.49. The number of aromatic nitrogens is 3. The summed E-state index contributed by atoms with van der Waals surface area (Å²) in [6.45, 7) is 4.21. The molecule has 5 rings (SSSR count). The van der Waals surface area contributed by atoms with Gasteiger partial charge in [0, 0.05) is 16.8 Å². The number of aryl methyl sites for hydroxylation is 2. The number of pyridine rings is 1. The van der Waals surface area contributed by atoms with Crippen LogP contribution in [0.3, 0.4) is 0 Å². The molecule has 2 aromatic heterocycles. The van der Waals surface area contributed by atoms with Crippen LogP contribution in [0.5, 0.6) is 0 Å². The Morgan fingerprint density at radius 3 is 2.65 bits per heavy atom. The zero-order valence-corrected chi connectivity index (χ0v) is 18.3. The van der Waals surface area contributed by atoms with Crippen molar-refractivity contribution in [2.45, 2.75) is 38.5 Å². The van der Waals surface area contributed by atoms with E-state index < -0.39 is 0 Å². The van der Waals surface area contributed by atoms with Crippen LogP contribution in [-0.2, 0) is 5.41 Å². The molecule has 0 radical (unpaired) electrons. The number of hydrogen-bond donors (Lipinski definition) is 2. The first-order valence-corrected chi connectivity index (χ1v) is 10.8. The first-order chi connectivity index (χ1) is 14.9. The van der Waals surface area contributed by atoms with Gasteiger partial charge in [0.25, 0.3) is 5.91 Å². The van der Waals surface area contributed by atoms with Crippen LogP contribution in [0.2, 0.25) is 5.02 Å². The van der Waals surface area contributed by atoms with E-state index >= 15 is 0 Å². The fourth-order valence-electron chi connectivity index (χ4n) is 4.46. The first kappa shape index (κ1) is 19.8. The van der Waals surface area contributed by atoms with Crippen molar-refractivity contribution >= 4 is 34.4 Å². The average Bonchev–Trinajstić information content (AvgIpc) is 3.13. The highest BCUT2D eigenvalue weighted by Gasteiger charge is 2.43. The number of H-pyrrole nitrogens is 1. The molecule has 0 spiro atoms. The van der Waals surface area contributed by atoms with Gasteiger partial charge in [0.05, 0.1) is 16.4 Å². The third-order valence-corrected chi connectivity index (χ3v) is 6.46. The SMILES string of the molecule is Cc1cc(C)c2nc(C3(c4ccc(NC(=O)c5cccc(Cl)c5)nc4)CCC3)[nH]c2c1. The smallest absolute Gasteiger partial charge is 0.256 e. The van der Waals surface area contributed by atoms with Gasteiger partial charge in [-0.05, 0) is 73.7 Å². The summed E-state index contributed by atoms with van der Waals surface area (Å²) in [6, 6.07) is 15.1. The predicted octanol–water partition coefficient (Wildman–Crippen LogP) is 5.95. The van der Waals surface area contributed by atoms with E-state index in [0.717, 1.165) is 41.7 Å². The summed E-state index contributed by atoms with van der Waals surface area (Å²) in [4.78, 5) is 25.5. The van der Waals surface area contributed by atoms with E-state index in [0.29, 0.717) is 16.4 Å². The van der Waals surface area contributed by atoms with Gasteiger partial charge in [0.1, 0.15) is 11.6 Å². The van der Waals surface area contributed by atoms with Crippen LogP contribution in [-0.4, -0.2) is 20.9 Å². The number of imidazole rings is 1. The zero-order valence-electron chi connectivity index (χ0n) is 17.5. The molecular formula is C25H23ClN4O. The van der Waals surface area contributed by atoms with Gasteiger partial charge in [-0.2, -0.15) is 0 Å². The van der Waals surface area contributed by atoms with Gasteiger partial charge in [0.15, 0.2) is 0 Å². The van der Waals surface area contributed by atoms with Gasteiger partial charge in [-0.25, -0.2) is 9.97 Å². The molecule has 0 saturated heterocycles. The lowest BCUT2D eigenvalue weighted by atomic mass is 9.64. The van der Waals surface area contributed by atoms with Crippen molar-refractivity contribution < 1.29 is 4.79 Å². The Kier molecular flexibility index (Phi) is 4.78. The fourth-order valence-corrected chi connectivity index (χ4v) is 4.65. The van der Waals surface area contributed by atoms with Crippen molar-refractivity contribution in [1.82, 2.24) is 15.0 Å². The quantitative estimate of drug-likeness (QED) is 0.420. The largest absolute Gasteiger partial charge is 0.341 e. The van der Waals surface area contributed by atoms with Crippen LogP contribution >= 0.6 is 11.6 Å². The highest BCUT2D eigenvalue weighted by atomic mass is 35.5. The summed E-state index contributed by atoms with van der Waals surface area (Å²) in [5, 5.41) is 3.37. The Hall–Kier alpha value is -3.18. The van der Waals surface area contributed by atoms with Crippen molar-refractivity contribution in [3.05, 3.63) is 87.8 Å². The molecule has 1 aliphatic rings. The van der Waals surface area contributed by atoms with Crippen molar-refractivity contribution in [3.8, 4) is 0 Å². The van der Waals surface area contributed by atoms with Crippen LogP contribution in [0.25, 0.3) is 11.0 Å². The molecule has 4 aromatic rings. The predicted molar refractivity (Wildman–Crippen MR) is 124 cm³/mol. The summed E-state index contributed by atoms with van der Waals surface area (Å²) in [5.74, 6) is 1.28. The molecule has 5 nitrogen and oxygen atoms in total. The molecular weight excluding hydrogens is 408 g/mol. The second kappa shape index (κ2) is 7.50. The molecule has 156 valence electrons. The van der Waals surface area contributed by atoms with Crippen LogP contribution in [0, 0.1) is 13.8 Å². The molecule has 0 aliphatic heterocycles. The maximum atomic E-state index is 12.5. The summed E-state index contributed by atoms with van der Waals surface area (Å²) in [7, 11) is 0. The van der Waals surface area contributed by atoms with Crippen molar-refractivity contribution in [3.63, 3.8) is 0 Å². The lowest BCUT2D eigenvalue weighted by molar-refractivity contribution is 0.102. The van der Waals surface area contributed by atoms with E-state index in [1.165, 1.54) is 11.1 Å². The minimum atomic E-state index is -0.232. The Morgan fingerprint density at radius 2 is 1.97 bits per heavy atom. The number of aromatic amines is 1. The van der Waals surface area contributed by atoms with Gasteiger partial charge in [-0.15, -0.1) is 0 Å². The number of fused-ring (bicyclic) bond motifs is 1. The number of amides is 1. The van der Waals surface area contributed by atoms with Crippen LogP contribution in [0.4, 0.5) is 5.82 Å². The van der Waals surface area contributed by atoms with Gasteiger partial charge in [-0.1, -0.05) is 36.2 Å². The zero-order chi connectivity index (χ0) is 21.6. The van der Waals surface area contributed by atoms with Crippen molar-refractivity contribution in [2.75, 3.05) is 5.32 Å². The molecule has 1 amide bonds. The number of benzene rings is 2. The van der Waals surface area contributed by atoms with Crippen molar-refractivity contribution in [1.29, 1.82) is 0 Å². The molecule has 6 heteroatoms. The number of carbonyl (C=O) groups excluding carboxylic acids is 1. The molecule has 31 heavy (non-hydrogen) atoms. The maximum absolute atomic E-state index is 12.5. The molecule has 1 saturated carbocycles. The number of nitrogens with zero attached hydrogens (tertiary/aromatic N) is 2. The minimum absolute atomic E-state index is 0.151. The highest BCUT2D eigenvalue weighted by molar-refractivity contribution is 6.31. The van der Waals surface area contributed by atoms with Crippen LogP contribution in [0.1, 0.15) is 52.1 Å². The first-order valence-electron chi connectivity index (χ1n) is 10.5. The second-order valence-electron chi connectivity index (χ2n) is 8.40. The molecule has 2 heterocycles. The van der Waals surface area contributed by atoms with E-state index in [2.05, 4.69) is 41.3 Å². The molecule has 1 fully saturated rings. The van der Waals surface area contributed by atoms with Gasteiger partial charge < -0.3 is 10.3 Å². The monoisotopic (exact) mass is 430 g/mol. The summed E-state index contributed by atoms with van der Waals surface area (Å²) >= 11 is 5.99. The number of rotatable bonds is 4. The maximum Gasteiger partial charge on any atom is 0.256 e. The van der Waals surface area contributed by atoms with E-state index in [1.54, 1.807) is 24.3 Å². The average molecular weight is 431 g/mol. The molecule has 0 unspecified atom stereocenters. The lowest BCUT2D eigenvalue weighted by Gasteiger charge is -2.40. The van der Waals surface area contributed by atoms with Crippen molar-refractivity contribution in [2.24, 2.45) is 0 Å². The molecule has 0 atom stereocenters. The van der Waals surface area contributed by atoms with E-state index in [9.17, 15) is 4.79 Å². The molecule has 2 aromatic carbocycles. The van der Waals surface area contributed by atoms with Gasteiger partial charge >= 0.3 is 0 Å². The minimum Gasteiger partial charge on any atom is -0.341 e. The molecule has 0 bridgehead atoms. The van der Waals surface area contributed by atoms with Crippen LogP contribution in [0.15, 0.2) is 54.7 Å². The number of nitrogens with one attached hydrogen (secondary N) is 2. The number of anilines is 1. The van der Waals surface area contributed by atoms with Gasteiger partial charge in [-0.3, -0.25) is 4.79 Å². The summed E-state index contributed by atoms with van der Waals surface area (Å²) < 4.78 is 0. The van der Waals surface area contributed by atoms with E-state index in [4.69, 9.17) is 16.6 Å². The van der Waals surface area contributed by atoms with E-state index in [-0.39, 0.29) is 11.3 Å². The number of carbonyl (C=O) groups is 1. The van der Waals surface area contributed by atoms with Gasteiger partial charge in [0.2, 0.25) is 0 Å². The fraction of sp³-hybridized carbons (Fsp3) is 0.240. The summed E-state index contributed by atoms with van der Waals surface area (Å²) in [6.07, 6.45) is 5.07. The lowest BCUT2D eigenvalue weighted by Crippen LogP contribution is -2.36.